The molecule has 1 fully saturated rings. The van der Waals surface area contributed by atoms with E-state index in [0.29, 0.717) is 36.7 Å². The highest BCUT2D eigenvalue weighted by Crippen LogP contribution is 2.34. The van der Waals surface area contributed by atoms with Gasteiger partial charge in [0.05, 0.1) is 12.2 Å². The molecule has 2 unspecified atom stereocenters. The van der Waals surface area contributed by atoms with Crippen LogP contribution in [0.5, 0.6) is 0 Å². The van der Waals surface area contributed by atoms with Crippen LogP contribution in [0, 0.1) is 0 Å². The van der Waals surface area contributed by atoms with E-state index in [0.717, 1.165) is 15.8 Å². The Morgan fingerprint density at radius 3 is 2.90 bits per heavy atom. The van der Waals surface area contributed by atoms with Crippen LogP contribution in [0.2, 0.25) is 5.02 Å². The lowest BCUT2D eigenvalue weighted by molar-refractivity contribution is 0.0502. The molecule has 1 N–H and O–H groups in total. The Hall–Kier alpha value is -3.03. The third kappa shape index (κ3) is 5.21. The van der Waals surface area contributed by atoms with Crippen LogP contribution in [-0.2, 0) is 29.5 Å². The molecule has 0 saturated carbocycles. The van der Waals surface area contributed by atoms with Crippen molar-refractivity contribution in [3.63, 3.8) is 0 Å². The smallest absolute Gasteiger partial charge is 0.310 e. The number of carbonyl (C=O) groups is 1. The lowest BCUT2D eigenvalue weighted by Crippen LogP contribution is -2.56. The minimum atomic E-state index is -3.83. The second-order valence-corrected chi connectivity index (χ2v) is 13.8. The van der Waals surface area contributed by atoms with Crippen molar-refractivity contribution in [2.24, 2.45) is 0 Å². The predicted molar refractivity (Wildman–Crippen MR) is 152 cm³/mol. The van der Waals surface area contributed by atoms with E-state index < -0.39 is 16.1 Å². The van der Waals surface area contributed by atoms with Crippen molar-refractivity contribution in [3.05, 3.63) is 81.4 Å². The number of carbonyl (C=O) groups excluding carboxylic acids is 1. The summed E-state index contributed by atoms with van der Waals surface area (Å²) in [5.74, 6) is 0.293. The van der Waals surface area contributed by atoms with Crippen LogP contribution in [0.15, 0.2) is 62.1 Å². The molecule has 5 heterocycles. The van der Waals surface area contributed by atoms with Crippen molar-refractivity contribution in [3.8, 4) is 0 Å². The molecule has 1 saturated heterocycles. The van der Waals surface area contributed by atoms with Crippen molar-refractivity contribution in [2.75, 3.05) is 19.6 Å². The largest absolute Gasteiger partial charge is 0.436 e. The number of hydrogen-bond donors (Lipinski definition) is 1. The average Bonchev–Trinajstić information content (AvgIpc) is 3.56. The lowest BCUT2D eigenvalue weighted by Gasteiger charge is -2.40. The number of fused-ring (bicyclic) bond motifs is 2. The molecule has 210 valence electrons. The summed E-state index contributed by atoms with van der Waals surface area (Å²) in [5.41, 5.74) is 0.611. The molecular formula is C27H28ClN5O5S2. The van der Waals surface area contributed by atoms with Crippen molar-refractivity contribution >= 4 is 49.0 Å². The number of oxazole rings is 1. The highest BCUT2D eigenvalue weighted by atomic mass is 35.5. The number of pyridine rings is 1. The van der Waals surface area contributed by atoms with E-state index in [2.05, 4.69) is 10.3 Å². The Labute approximate surface area is 240 Å². The number of amides is 1. The van der Waals surface area contributed by atoms with E-state index in [-0.39, 0.29) is 47.2 Å². The fourth-order valence-corrected chi connectivity index (χ4v) is 8.55. The van der Waals surface area contributed by atoms with Crippen LogP contribution in [0.1, 0.15) is 35.5 Å². The fourth-order valence-electron chi connectivity index (χ4n) is 5.25. The summed E-state index contributed by atoms with van der Waals surface area (Å²) < 4.78 is 37.3. The van der Waals surface area contributed by atoms with Crippen molar-refractivity contribution in [2.45, 2.75) is 49.1 Å². The topological polar surface area (TPSA) is 118 Å². The minimum absolute atomic E-state index is 0.0143. The molecule has 0 bridgehead atoms. The zero-order valence-corrected chi connectivity index (χ0v) is 24.1. The van der Waals surface area contributed by atoms with Gasteiger partial charge >= 0.3 is 5.91 Å². The normalized spacial score (nSPS) is 20.1. The molecular weight excluding hydrogens is 574 g/mol. The average molecular weight is 602 g/mol. The number of benzene rings is 1. The first-order chi connectivity index (χ1) is 19.2. The highest BCUT2D eigenvalue weighted by molar-refractivity contribution is 7.91. The monoisotopic (exact) mass is 601 g/mol. The second kappa shape index (κ2) is 10.7. The molecule has 2 aliphatic heterocycles. The van der Waals surface area contributed by atoms with Crippen LogP contribution in [0.25, 0.3) is 10.1 Å². The number of nitrogens with zero attached hydrogens (tertiary/aromatic N) is 4. The van der Waals surface area contributed by atoms with Gasteiger partial charge in [0.25, 0.3) is 15.9 Å². The summed E-state index contributed by atoms with van der Waals surface area (Å²) in [7, 11) is -3.83. The number of sulfonamides is 1. The van der Waals surface area contributed by atoms with E-state index in [1.807, 2.05) is 6.92 Å². The van der Waals surface area contributed by atoms with Gasteiger partial charge in [0, 0.05) is 66.7 Å². The molecule has 6 rings (SSSR count). The minimum Gasteiger partial charge on any atom is -0.436 e. The molecule has 40 heavy (non-hydrogen) atoms. The fraction of sp³-hybridized carbons (Fsp3) is 0.370. The molecule has 1 aromatic carbocycles. The van der Waals surface area contributed by atoms with Crippen molar-refractivity contribution in [1.82, 2.24) is 24.1 Å². The summed E-state index contributed by atoms with van der Waals surface area (Å²) >= 11 is 7.29. The van der Waals surface area contributed by atoms with Gasteiger partial charge in [-0.25, -0.2) is 13.4 Å². The molecule has 13 heteroatoms. The van der Waals surface area contributed by atoms with E-state index in [1.165, 1.54) is 21.7 Å². The number of piperazine rings is 1. The maximum atomic E-state index is 13.7. The van der Waals surface area contributed by atoms with Crippen molar-refractivity contribution < 1.29 is 17.6 Å². The third-order valence-electron chi connectivity index (χ3n) is 7.43. The highest BCUT2D eigenvalue weighted by Gasteiger charge is 2.39. The first-order valence-corrected chi connectivity index (χ1v) is 15.7. The van der Waals surface area contributed by atoms with E-state index >= 15 is 0 Å². The lowest BCUT2D eigenvalue weighted by atomic mass is 10.1. The van der Waals surface area contributed by atoms with Crippen LogP contribution in [0.4, 0.5) is 0 Å². The van der Waals surface area contributed by atoms with E-state index in [9.17, 15) is 18.0 Å². The first kappa shape index (κ1) is 27.2. The molecule has 0 spiro atoms. The zero-order chi connectivity index (χ0) is 28.0. The van der Waals surface area contributed by atoms with Crippen LogP contribution in [-0.4, -0.2) is 64.8 Å². The van der Waals surface area contributed by atoms with Gasteiger partial charge in [-0.05, 0) is 43.0 Å². The molecule has 0 radical (unpaired) electrons. The quantitative estimate of drug-likeness (QED) is 0.360. The summed E-state index contributed by atoms with van der Waals surface area (Å²) in [6.45, 7) is 3.26. The maximum absolute atomic E-state index is 13.7. The Morgan fingerprint density at radius 1 is 1.23 bits per heavy atom. The maximum Gasteiger partial charge on any atom is 0.310 e. The number of halogens is 1. The van der Waals surface area contributed by atoms with Gasteiger partial charge in [-0.15, -0.1) is 11.3 Å². The van der Waals surface area contributed by atoms with Gasteiger partial charge in [-0.2, -0.15) is 4.31 Å². The number of thiophene rings is 1. The summed E-state index contributed by atoms with van der Waals surface area (Å²) in [4.78, 5) is 32.1. The molecule has 0 aliphatic carbocycles. The van der Waals surface area contributed by atoms with Gasteiger partial charge in [0.2, 0.25) is 5.56 Å². The zero-order valence-electron chi connectivity index (χ0n) is 21.7. The van der Waals surface area contributed by atoms with E-state index in [1.54, 1.807) is 52.1 Å². The van der Waals surface area contributed by atoms with Gasteiger partial charge < -0.3 is 19.2 Å². The SMILES string of the molecule is CC1Cc2nc(C(=O)N3CCN(S(=O)(=O)c4cc5ccc(Cl)cc5s4)CC3CCn3ccccc3=O)oc2CN1. The number of hydrogen-bond acceptors (Lipinski definition) is 8. The van der Waals surface area contributed by atoms with Crippen molar-refractivity contribution in [1.29, 1.82) is 0 Å². The number of rotatable bonds is 6. The standard InChI is InChI=1S/C27H28ClN5O5S2/c1-17-12-21-22(15-29-17)38-26(30-21)27(35)33-11-10-32(16-20(33)7-9-31-8-3-2-4-24(31)34)40(36,37)25-13-18-5-6-19(28)14-23(18)39-25/h2-6,8,13-14,17,20,29H,7,9-12,15-16H2,1H3. The van der Waals surface area contributed by atoms with Gasteiger partial charge in [0.1, 0.15) is 9.97 Å². The Kier molecular flexibility index (Phi) is 7.30. The van der Waals surface area contributed by atoms with Gasteiger partial charge in [-0.3, -0.25) is 9.59 Å². The Balaban J connectivity index is 1.28. The van der Waals surface area contributed by atoms with Crippen LogP contribution >= 0.6 is 22.9 Å². The molecule has 3 aromatic heterocycles. The van der Waals surface area contributed by atoms with Crippen LogP contribution in [0.3, 0.4) is 0 Å². The number of nitrogens with one attached hydrogen (secondary N) is 1. The molecule has 4 aromatic rings. The molecule has 1 amide bonds. The Morgan fingerprint density at radius 2 is 2.08 bits per heavy atom. The molecule has 2 atom stereocenters. The van der Waals surface area contributed by atoms with Gasteiger partial charge in [0.15, 0.2) is 0 Å². The van der Waals surface area contributed by atoms with E-state index in [4.69, 9.17) is 16.0 Å². The summed E-state index contributed by atoms with van der Waals surface area (Å²) in [6.07, 6.45) is 2.73. The second-order valence-electron chi connectivity index (χ2n) is 10.2. The number of aromatic nitrogens is 2. The third-order valence-corrected chi connectivity index (χ3v) is 11.1. The number of aryl methyl sites for hydroxylation is 1. The summed E-state index contributed by atoms with van der Waals surface area (Å²) in [5, 5.41) is 4.65. The summed E-state index contributed by atoms with van der Waals surface area (Å²) in [6, 6.07) is 11.6. The van der Waals surface area contributed by atoms with Gasteiger partial charge in [-0.1, -0.05) is 23.7 Å². The Bertz CT molecular complexity index is 1750. The predicted octanol–water partition coefficient (Wildman–Crippen LogP) is 3.34. The van der Waals surface area contributed by atoms with Crippen LogP contribution < -0.4 is 10.9 Å². The molecule has 2 aliphatic rings. The molecule has 10 nitrogen and oxygen atoms in total. The first-order valence-electron chi connectivity index (χ1n) is 13.1.